The Bertz CT molecular complexity index is 275. The van der Waals surface area contributed by atoms with Gasteiger partial charge in [0.25, 0.3) is 0 Å². The van der Waals surface area contributed by atoms with E-state index in [4.69, 9.17) is 26.3 Å². The summed E-state index contributed by atoms with van der Waals surface area (Å²) in [6, 6.07) is 2.13. The van der Waals surface area contributed by atoms with Crippen molar-refractivity contribution in [2.75, 3.05) is 6.54 Å². The summed E-state index contributed by atoms with van der Waals surface area (Å²) in [7, 11) is 0. The molecule has 106 valence electrons. The second kappa shape index (κ2) is 8.66. The molecule has 0 aliphatic rings. The van der Waals surface area contributed by atoms with Crippen molar-refractivity contribution in [3.05, 3.63) is 4.91 Å². The van der Waals surface area contributed by atoms with Crippen LogP contribution in [-0.4, -0.2) is 33.1 Å². The SMILES string of the molecule is CC(C)(N)CCC(C)(C)NCCC#N.O=[N+](O)O. The van der Waals surface area contributed by atoms with Crippen LogP contribution in [0.4, 0.5) is 0 Å². The lowest BCUT2D eigenvalue weighted by Crippen LogP contribution is -2.43. The largest absolute Gasteiger partial charge is 0.472 e. The molecule has 0 radical (unpaired) electrons. The zero-order valence-electron chi connectivity index (χ0n) is 11.6. The van der Waals surface area contributed by atoms with Crippen LogP contribution in [0.2, 0.25) is 0 Å². The molecule has 0 saturated heterocycles. The highest BCUT2D eigenvalue weighted by molar-refractivity contribution is 4.84. The van der Waals surface area contributed by atoms with Crippen molar-refractivity contribution in [3.63, 3.8) is 0 Å². The number of nitrogens with two attached hydrogens (primary N) is 1. The zero-order valence-corrected chi connectivity index (χ0v) is 11.6. The molecule has 0 unspecified atom stereocenters. The van der Waals surface area contributed by atoms with Gasteiger partial charge in [-0.05, 0) is 40.5 Å². The van der Waals surface area contributed by atoms with Gasteiger partial charge in [-0.25, -0.2) is 10.4 Å². The van der Waals surface area contributed by atoms with E-state index in [2.05, 4.69) is 25.2 Å². The normalized spacial score (nSPS) is 11.1. The van der Waals surface area contributed by atoms with Gasteiger partial charge in [-0.1, -0.05) is 0 Å². The van der Waals surface area contributed by atoms with Gasteiger partial charge >= 0.3 is 5.09 Å². The van der Waals surface area contributed by atoms with Crippen LogP contribution in [0.1, 0.15) is 47.0 Å². The van der Waals surface area contributed by atoms with E-state index in [1.165, 1.54) is 0 Å². The van der Waals surface area contributed by atoms with Crippen molar-refractivity contribution >= 4 is 0 Å². The Morgan fingerprint density at radius 3 is 2.06 bits per heavy atom. The highest BCUT2D eigenvalue weighted by Gasteiger charge is 2.20. The lowest BCUT2D eigenvalue weighted by molar-refractivity contribution is -0.969. The Morgan fingerprint density at radius 2 is 1.72 bits per heavy atom. The van der Waals surface area contributed by atoms with E-state index < -0.39 is 5.09 Å². The average molecular weight is 261 g/mol. The summed E-state index contributed by atoms with van der Waals surface area (Å²) in [5.41, 5.74) is 5.89. The predicted octanol–water partition coefficient (Wildman–Crippen LogP) is 1.33. The van der Waals surface area contributed by atoms with E-state index >= 15 is 0 Å². The summed E-state index contributed by atoms with van der Waals surface area (Å²) >= 11 is 0. The molecule has 0 atom stereocenters. The first-order valence-electron chi connectivity index (χ1n) is 5.76. The van der Waals surface area contributed by atoms with Crippen molar-refractivity contribution < 1.29 is 15.5 Å². The van der Waals surface area contributed by atoms with Gasteiger partial charge in [-0.3, -0.25) is 0 Å². The lowest BCUT2D eigenvalue weighted by atomic mass is 9.90. The Morgan fingerprint density at radius 1 is 1.28 bits per heavy atom. The van der Waals surface area contributed by atoms with Crippen LogP contribution in [-0.2, 0) is 0 Å². The summed E-state index contributed by atoms with van der Waals surface area (Å²) in [5, 5.41) is 24.3. The van der Waals surface area contributed by atoms with Gasteiger partial charge in [0, 0.05) is 24.0 Å². The monoisotopic (exact) mass is 261 g/mol. The summed E-state index contributed by atoms with van der Waals surface area (Å²) in [5.74, 6) is 0. The molecule has 0 aromatic heterocycles. The minimum absolute atomic E-state index is 0.0769. The van der Waals surface area contributed by atoms with Crippen LogP contribution in [0, 0.1) is 16.2 Å². The maximum Gasteiger partial charge on any atom is 0.472 e. The highest BCUT2D eigenvalue weighted by atomic mass is 16.9. The summed E-state index contributed by atoms with van der Waals surface area (Å²) < 4.78 is 0. The molecule has 0 spiro atoms. The van der Waals surface area contributed by atoms with Gasteiger partial charge in [0.05, 0.1) is 6.07 Å². The number of nitrogens with zero attached hydrogens (tertiary/aromatic N) is 2. The first-order valence-corrected chi connectivity index (χ1v) is 5.76. The number of rotatable bonds is 6. The van der Waals surface area contributed by atoms with Crippen LogP contribution in [0.25, 0.3) is 0 Å². The number of hydrogen-bond acceptors (Lipinski definition) is 4. The predicted molar refractivity (Wildman–Crippen MR) is 67.0 cm³/mol. The molecule has 5 N–H and O–H groups in total. The minimum Gasteiger partial charge on any atom is -0.326 e. The zero-order chi connectivity index (χ0) is 14.8. The van der Waals surface area contributed by atoms with Gasteiger partial charge in [-0.2, -0.15) is 5.26 Å². The Balaban J connectivity index is 0. The molecular formula is C11H25N4O3+. The van der Waals surface area contributed by atoms with Crippen molar-refractivity contribution in [1.82, 2.24) is 5.32 Å². The number of hydrogen-bond donors (Lipinski definition) is 4. The standard InChI is InChI=1S/C11H23N3.H2NO3/c1-10(2,13)6-7-11(3,4)14-9-5-8-12;2-1(3)4/h14H,5-7,9,13H2,1-4H3;(H2,2,3,4)/q;+1. The van der Waals surface area contributed by atoms with Crippen LogP contribution >= 0.6 is 0 Å². The molecule has 0 bridgehead atoms. The van der Waals surface area contributed by atoms with Gasteiger partial charge < -0.3 is 11.1 Å². The highest BCUT2D eigenvalue weighted by Crippen LogP contribution is 2.16. The molecule has 0 aromatic rings. The van der Waals surface area contributed by atoms with E-state index in [1.807, 2.05) is 13.8 Å². The molecule has 0 aliphatic heterocycles. The first-order chi connectivity index (χ1) is 8.00. The van der Waals surface area contributed by atoms with Crippen molar-refractivity contribution in [2.45, 2.75) is 58.0 Å². The van der Waals surface area contributed by atoms with Crippen LogP contribution < -0.4 is 11.1 Å². The molecule has 0 rings (SSSR count). The fourth-order valence-corrected chi connectivity index (χ4v) is 1.18. The molecule has 0 aliphatic carbocycles. The molecule has 0 amide bonds. The van der Waals surface area contributed by atoms with Gasteiger partial charge in [0.15, 0.2) is 0 Å². The van der Waals surface area contributed by atoms with Crippen molar-refractivity contribution in [2.24, 2.45) is 5.73 Å². The quantitative estimate of drug-likeness (QED) is 0.422. The molecule has 0 saturated carbocycles. The first kappa shape index (κ1) is 19.0. The molecule has 7 heteroatoms. The number of nitrogens with one attached hydrogen (secondary N) is 1. The summed E-state index contributed by atoms with van der Waals surface area (Å²) in [4.78, 5) is 8.47. The molecule has 7 nitrogen and oxygen atoms in total. The van der Waals surface area contributed by atoms with Gasteiger partial charge in [0.2, 0.25) is 0 Å². The van der Waals surface area contributed by atoms with Crippen molar-refractivity contribution in [1.29, 1.82) is 5.26 Å². The van der Waals surface area contributed by atoms with Gasteiger partial charge in [-0.15, -0.1) is 0 Å². The molecule has 0 heterocycles. The second-order valence-electron chi connectivity index (χ2n) is 5.46. The maximum atomic E-state index is 8.47. The molecule has 18 heavy (non-hydrogen) atoms. The van der Waals surface area contributed by atoms with Gasteiger partial charge in [0.1, 0.15) is 4.91 Å². The third-order valence-corrected chi connectivity index (χ3v) is 2.23. The summed E-state index contributed by atoms with van der Waals surface area (Å²) in [6.07, 6.45) is 2.58. The fourth-order valence-electron chi connectivity index (χ4n) is 1.18. The van der Waals surface area contributed by atoms with E-state index in [9.17, 15) is 0 Å². The van der Waals surface area contributed by atoms with Crippen molar-refractivity contribution in [3.8, 4) is 6.07 Å². The third-order valence-electron chi connectivity index (χ3n) is 2.23. The Kier molecular flexibility index (Phi) is 9.13. The second-order valence-corrected chi connectivity index (χ2v) is 5.46. The maximum absolute atomic E-state index is 8.47. The topological polar surface area (TPSA) is 122 Å². The van der Waals surface area contributed by atoms with E-state index in [-0.39, 0.29) is 11.1 Å². The molecule has 0 aromatic carbocycles. The van der Waals surface area contributed by atoms with Crippen LogP contribution in [0.3, 0.4) is 0 Å². The Labute approximate surface area is 108 Å². The van der Waals surface area contributed by atoms with E-state index in [1.54, 1.807) is 0 Å². The average Bonchev–Trinajstić information content (AvgIpc) is 2.13. The fraction of sp³-hybridized carbons (Fsp3) is 0.909. The molecule has 0 fully saturated rings. The van der Waals surface area contributed by atoms with E-state index in [0.29, 0.717) is 6.42 Å². The van der Waals surface area contributed by atoms with Crippen LogP contribution in [0.5, 0.6) is 0 Å². The minimum atomic E-state index is -1.25. The summed E-state index contributed by atoms with van der Waals surface area (Å²) in [6.45, 7) is 9.14. The number of nitriles is 1. The smallest absolute Gasteiger partial charge is 0.326 e. The van der Waals surface area contributed by atoms with E-state index in [0.717, 1.165) is 19.4 Å². The van der Waals surface area contributed by atoms with Crippen LogP contribution in [0.15, 0.2) is 0 Å². The Hall–Kier alpha value is -1.39. The third kappa shape index (κ3) is 20.1. The molecular weight excluding hydrogens is 236 g/mol. The lowest BCUT2D eigenvalue weighted by Gasteiger charge is -2.29.